The number of para-hydroxylation sites is 1. The normalized spacial score (nSPS) is 11.0. The number of hydrogen-bond donors (Lipinski definition) is 0. The van der Waals surface area contributed by atoms with Crippen LogP contribution in [-0.4, -0.2) is 4.57 Å². The molecule has 0 saturated heterocycles. The van der Waals surface area contributed by atoms with Crippen molar-refractivity contribution in [3.05, 3.63) is 90.5 Å². The van der Waals surface area contributed by atoms with Gasteiger partial charge in [0.05, 0.1) is 11.2 Å². The van der Waals surface area contributed by atoms with Gasteiger partial charge < -0.3 is 4.57 Å². The molecule has 4 rings (SSSR count). The van der Waals surface area contributed by atoms with Crippen LogP contribution in [0.4, 0.5) is 0 Å². The molecule has 118 valence electrons. The van der Waals surface area contributed by atoms with Crippen molar-refractivity contribution in [3.63, 3.8) is 0 Å². The van der Waals surface area contributed by atoms with E-state index in [0.717, 1.165) is 6.42 Å². The van der Waals surface area contributed by atoms with Crippen LogP contribution in [0, 0.1) is 0 Å². The molecule has 0 unspecified atom stereocenters. The maximum Gasteiger partial charge on any atom is 0.0540 e. The zero-order chi connectivity index (χ0) is 16.4. The van der Waals surface area contributed by atoms with Crippen LogP contribution in [0.3, 0.4) is 0 Å². The molecule has 0 radical (unpaired) electrons. The monoisotopic (exact) mass is 311 g/mol. The van der Waals surface area contributed by atoms with Crippen LogP contribution in [0.1, 0.15) is 18.9 Å². The van der Waals surface area contributed by atoms with Gasteiger partial charge in [0, 0.05) is 11.1 Å². The Balaban J connectivity index is 1.92. The van der Waals surface area contributed by atoms with Crippen molar-refractivity contribution in [2.45, 2.75) is 19.8 Å². The highest BCUT2D eigenvalue weighted by atomic mass is 15.0. The predicted molar refractivity (Wildman–Crippen MR) is 103 cm³/mol. The van der Waals surface area contributed by atoms with Gasteiger partial charge in [0.15, 0.2) is 0 Å². The molecule has 0 spiro atoms. The molecule has 24 heavy (non-hydrogen) atoms. The number of benzene rings is 3. The maximum atomic E-state index is 2.36. The Morgan fingerprint density at radius 1 is 0.750 bits per heavy atom. The summed E-state index contributed by atoms with van der Waals surface area (Å²) < 4.78 is 2.36. The first-order valence-corrected chi connectivity index (χ1v) is 8.62. The number of aryl methyl sites for hydroxylation is 1. The summed E-state index contributed by atoms with van der Waals surface area (Å²) in [6.45, 7) is 2.22. The SMILES string of the molecule is CCCc1ccc(-n2c(-c3ccccc3)cc3ccccc32)cc1. The van der Waals surface area contributed by atoms with E-state index in [1.807, 2.05) is 0 Å². The Hall–Kier alpha value is -2.80. The molecule has 4 aromatic rings. The Morgan fingerprint density at radius 3 is 2.21 bits per heavy atom. The van der Waals surface area contributed by atoms with Crippen LogP contribution >= 0.6 is 0 Å². The van der Waals surface area contributed by atoms with Gasteiger partial charge in [-0.1, -0.05) is 74.0 Å². The number of hydrogen-bond acceptors (Lipinski definition) is 0. The van der Waals surface area contributed by atoms with E-state index in [2.05, 4.69) is 96.4 Å². The van der Waals surface area contributed by atoms with Crippen molar-refractivity contribution in [2.75, 3.05) is 0 Å². The fourth-order valence-electron chi connectivity index (χ4n) is 3.35. The topological polar surface area (TPSA) is 4.93 Å². The second-order valence-corrected chi connectivity index (χ2v) is 6.21. The lowest BCUT2D eigenvalue weighted by atomic mass is 10.1. The van der Waals surface area contributed by atoms with Crippen LogP contribution in [0.2, 0.25) is 0 Å². The van der Waals surface area contributed by atoms with E-state index in [4.69, 9.17) is 0 Å². The summed E-state index contributed by atoms with van der Waals surface area (Å²) in [5.74, 6) is 0. The highest BCUT2D eigenvalue weighted by Gasteiger charge is 2.11. The van der Waals surface area contributed by atoms with Crippen LogP contribution < -0.4 is 0 Å². The van der Waals surface area contributed by atoms with Crippen molar-refractivity contribution in [1.29, 1.82) is 0 Å². The van der Waals surface area contributed by atoms with Crippen molar-refractivity contribution >= 4 is 10.9 Å². The quantitative estimate of drug-likeness (QED) is 0.420. The number of nitrogens with zero attached hydrogens (tertiary/aromatic N) is 1. The number of aromatic nitrogens is 1. The first-order valence-electron chi connectivity index (χ1n) is 8.62. The van der Waals surface area contributed by atoms with Crippen LogP contribution in [0.15, 0.2) is 84.9 Å². The highest BCUT2D eigenvalue weighted by Crippen LogP contribution is 2.31. The summed E-state index contributed by atoms with van der Waals surface area (Å²) in [5.41, 5.74) is 6.35. The minimum atomic E-state index is 1.14. The first kappa shape index (κ1) is 14.8. The van der Waals surface area contributed by atoms with E-state index in [0.29, 0.717) is 0 Å². The van der Waals surface area contributed by atoms with E-state index in [9.17, 15) is 0 Å². The zero-order valence-corrected chi connectivity index (χ0v) is 13.9. The minimum Gasteiger partial charge on any atom is -0.309 e. The van der Waals surface area contributed by atoms with Gasteiger partial charge in [-0.15, -0.1) is 0 Å². The fraction of sp³-hybridized carbons (Fsp3) is 0.130. The highest BCUT2D eigenvalue weighted by molar-refractivity contribution is 5.89. The molecule has 0 saturated carbocycles. The molecule has 1 heteroatoms. The maximum absolute atomic E-state index is 2.36. The molecule has 3 aromatic carbocycles. The number of fused-ring (bicyclic) bond motifs is 1. The van der Waals surface area contributed by atoms with Crippen molar-refractivity contribution in [2.24, 2.45) is 0 Å². The smallest absolute Gasteiger partial charge is 0.0540 e. The third-order valence-corrected chi connectivity index (χ3v) is 4.51. The van der Waals surface area contributed by atoms with Gasteiger partial charge in [0.2, 0.25) is 0 Å². The largest absolute Gasteiger partial charge is 0.309 e. The standard InChI is InChI=1S/C23H21N/c1-2-8-18-13-15-21(16-14-18)24-22-12-7-6-11-20(22)17-23(24)19-9-4-3-5-10-19/h3-7,9-17H,2,8H2,1H3. The van der Waals surface area contributed by atoms with Crippen LogP contribution in [-0.2, 0) is 6.42 Å². The van der Waals surface area contributed by atoms with Gasteiger partial charge >= 0.3 is 0 Å². The summed E-state index contributed by atoms with van der Waals surface area (Å²) in [6, 6.07) is 30.5. The average molecular weight is 311 g/mol. The van der Waals surface area contributed by atoms with E-state index in [-0.39, 0.29) is 0 Å². The lowest BCUT2D eigenvalue weighted by Gasteiger charge is -2.12. The molecular formula is C23H21N. The van der Waals surface area contributed by atoms with Crippen LogP contribution in [0.5, 0.6) is 0 Å². The molecule has 0 aliphatic rings. The summed E-state index contributed by atoms with van der Waals surface area (Å²) in [7, 11) is 0. The van der Waals surface area contributed by atoms with Gasteiger partial charge in [0.25, 0.3) is 0 Å². The molecule has 0 N–H and O–H groups in total. The van der Waals surface area contributed by atoms with E-state index < -0.39 is 0 Å². The van der Waals surface area contributed by atoms with Crippen molar-refractivity contribution in [3.8, 4) is 16.9 Å². The molecule has 0 bridgehead atoms. The van der Waals surface area contributed by atoms with Gasteiger partial charge in [-0.25, -0.2) is 0 Å². The molecule has 0 amide bonds. The predicted octanol–water partition coefficient (Wildman–Crippen LogP) is 6.25. The Labute approximate surface area is 143 Å². The third-order valence-electron chi connectivity index (χ3n) is 4.51. The molecule has 0 aliphatic carbocycles. The molecule has 0 aliphatic heterocycles. The summed E-state index contributed by atoms with van der Waals surface area (Å²) >= 11 is 0. The minimum absolute atomic E-state index is 1.14. The molecule has 0 fully saturated rings. The van der Waals surface area contributed by atoms with E-state index in [1.165, 1.54) is 39.8 Å². The van der Waals surface area contributed by atoms with E-state index in [1.54, 1.807) is 0 Å². The lowest BCUT2D eigenvalue weighted by molar-refractivity contribution is 0.920. The molecule has 1 nitrogen and oxygen atoms in total. The summed E-state index contributed by atoms with van der Waals surface area (Å²) in [5, 5.41) is 1.27. The fourth-order valence-corrected chi connectivity index (χ4v) is 3.35. The Bertz CT molecular complexity index is 946. The zero-order valence-electron chi connectivity index (χ0n) is 13.9. The van der Waals surface area contributed by atoms with E-state index >= 15 is 0 Å². The second kappa shape index (κ2) is 6.37. The van der Waals surface area contributed by atoms with Gasteiger partial charge in [-0.2, -0.15) is 0 Å². The second-order valence-electron chi connectivity index (χ2n) is 6.21. The first-order chi connectivity index (χ1) is 11.9. The molecule has 0 atom stereocenters. The molecule has 1 heterocycles. The third kappa shape index (κ3) is 2.63. The van der Waals surface area contributed by atoms with Gasteiger partial charge in [0.1, 0.15) is 0 Å². The number of rotatable bonds is 4. The molecular weight excluding hydrogens is 290 g/mol. The van der Waals surface area contributed by atoms with Gasteiger partial charge in [-0.05, 0) is 41.8 Å². The lowest BCUT2D eigenvalue weighted by Crippen LogP contribution is -1.97. The van der Waals surface area contributed by atoms with Crippen molar-refractivity contribution in [1.82, 2.24) is 4.57 Å². The Kier molecular flexibility index (Phi) is 3.92. The summed E-state index contributed by atoms with van der Waals surface area (Å²) in [4.78, 5) is 0. The average Bonchev–Trinajstić information content (AvgIpc) is 3.03. The van der Waals surface area contributed by atoms with Gasteiger partial charge in [-0.3, -0.25) is 0 Å². The molecule has 1 aromatic heterocycles. The van der Waals surface area contributed by atoms with Crippen LogP contribution in [0.25, 0.3) is 27.8 Å². The Morgan fingerprint density at radius 2 is 1.46 bits per heavy atom. The van der Waals surface area contributed by atoms with Crippen molar-refractivity contribution < 1.29 is 0 Å². The summed E-state index contributed by atoms with van der Waals surface area (Å²) in [6.07, 6.45) is 2.32.